The van der Waals surface area contributed by atoms with Crippen LogP contribution in [0.5, 0.6) is 0 Å². The average molecular weight is 395 g/mol. The molecule has 150 valence electrons. The number of fused-ring (bicyclic) bond motifs is 1. The number of nitrogens with two attached hydrogens (primary N) is 1. The zero-order valence-electron chi connectivity index (χ0n) is 16.4. The molecule has 2 aromatic heterocycles. The Morgan fingerprint density at radius 3 is 2.59 bits per heavy atom. The predicted octanol–water partition coefficient (Wildman–Crippen LogP) is 2.82. The summed E-state index contributed by atoms with van der Waals surface area (Å²) in [6.45, 7) is 1.94. The molecule has 29 heavy (non-hydrogen) atoms. The van der Waals surface area contributed by atoms with Crippen LogP contribution in [0.3, 0.4) is 0 Å². The molecule has 0 radical (unpaired) electrons. The van der Waals surface area contributed by atoms with Crippen LogP contribution >= 0.6 is 0 Å². The Morgan fingerprint density at radius 1 is 1.28 bits per heavy atom. The number of benzene rings is 1. The van der Waals surface area contributed by atoms with E-state index >= 15 is 0 Å². The van der Waals surface area contributed by atoms with Gasteiger partial charge in [0.15, 0.2) is 5.65 Å². The van der Waals surface area contributed by atoms with E-state index in [2.05, 4.69) is 5.10 Å². The number of anilines is 1. The second-order valence-electron chi connectivity index (χ2n) is 7.43. The van der Waals surface area contributed by atoms with Crippen molar-refractivity contribution < 1.29 is 14.0 Å². The Hall–Kier alpha value is -3.29. The smallest absolute Gasteiger partial charge is 0.259 e. The molecule has 2 amide bonds. The zero-order valence-corrected chi connectivity index (χ0v) is 16.4. The summed E-state index contributed by atoms with van der Waals surface area (Å²) in [6.07, 6.45) is 2.09. The molecular formula is C21H22FN5O2. The Kier molecular flexibility index (Phi) is 4.77. The highest BCUT2D eigenvalue weighted by atomic mass is 19.1. The van der Waals surface area contributed by atoms with E-state index in [0.717, 1.165) is 18.5 Å². The van der Waals surface area contributed by atoms with Gasteiger partial charge in [0.05, 0.1) is 16.6 Å². The fourth-order valence-corrected chi connectivity index (χ4v) is 3.56. The summed E-state index contributed by atoms with van der Waals surface area (Å²) < 4.78 is 15.1. The molecular weight excluding hydrogens is 373 g/mol. The van der Waals surface area contributed by atoms with E-state index in [-0.39, 0.29) is 18.9 Å². The number of aromatic nitrogens is 3. The number of amides is 2. The molecule has 8 heteroatoms. The Labute approximate surface area is 167 Å². The number of pyridine rings is 1. The van der Waals surface area contributed by atoms with Crippen molar-refractivity contribution in [2.45, 2.75) is 32.1 Å². The van der Waals surface area contributed by atoms with Gasteiger partial charge in [0.25, 0.3) is 5.91 Å². The highest BCUT2D eigenvalue weighted by Gasteiger charge is 2.30. The number of aryl methyl sites for hydroxylation is 2. The van der Waals surface area contributed by atoms with Crippen LogP contribution in [0, 0.1) is 12.7 Å². The fourth-order valence-electron chi connectivity index (χ4n) is 3.56. The van der Waals surface area contributed by atoms with Gasteiger partial charge in [0.2, 0.25) is 5.91 Å². The van der Waals surface area contributed by atoms with E-state index in [1.807, 2.05) is 13.0 Å². The first-order chi connectivity index (χ1) is 13.8. The van der Waals surface area contributed by atoms with Crippen molar-refractivity contribution in [1.29, 1.82) is 0 Å². The van der Waals surface area contributed by atoms with Crippen LogP contribution in [0.15, 0.2) is 30.3 Å². The normalized spacial score (nSPS) is 13.6. The Morgan fingerprint density at radius 2 is 1.97 bits per heavy atom. The third kappa shape index (κ3) is 3.70. The first-order valence-electron chi connectivity index (χ1n) is 9.55. The summed E-state index contributed by atoms with van der Waals surface area (Å²) in [6, 6.07) is 7.44. The van der Waals surface area contributed by atoms with E-state index in [1.54, 1.807) is 11.7 Å². The molecule has 7 nitrogen and oxygen atoms in total. The van der Waals surface area contributed by atoms with Crippen LogP contribution in [0.4, 0.5) is 10.1 Å². The van der Waals surface area contributed by atoms with Gasteiger partial charge in [-0.3, -0.25) is 14.3 Å². The Balaban J connectivity index is 1.83. The largest absolute Gasteiger partial charge is 0.370 e. The molecule has 0 spiro atoms. The average Bonchev–Trinajstić information content (AvgIpc) is 3.49. The topological polar surface area (TPSA) is 94.1 Å². The molecule has 4 rings (SSSR count). The van der Waals surface area contributed by atoms with Crippen LogP contribution in [0.25, 0.3) is 11.0 Å². The molecule has 2 N–H and O–H groups in total. The highest BCUT2D eigenvalue weighted by molar-refractivity contribution is 6.14. The third-order valence-electron chi connectivity index (χ3n) is 5.18. The number of carbonyl (C=O) groups is 2. The molecule has 2 heterocycles. The van der Waals surface area contributed by atoms with E-state index in [0.29, 0.717) is 33.9 Å². The van der Waals surface area contributed by atoms with Gasteiger partial charge >= 0.3 is 0 Å². The predicted molar refractivity (Wildman–Crippen MR) is 107 cm³/mol. The summed E-state index contributed by atoms with van der Waals surface area (Å²) in [7, 11) is 1.80. The van der Waals surface area contributed by atoms with Crippen molar-refractivity contribution in [3.8, 4) is 0 Å². The minimum Gasteiger partial charge on any atom is -0.370 e. The first kappa shape index (κ1) is 19.0. The number of primary amides is 1. The van der Waals surface area contributed by atoms with Crippen LogP contribution in [-0.4, -0.2) is 33.1 Å². The number of halogens is 1. The molecule has 0 saturated heterocycles. The molecule has 1 aliphatic carbocycles. The minimum atomic E-state index is -0.513. The lowest BCUT2D eigenvalue weighted by atomic mass is 10.1. The molecule has 0 unspecified atom stereocenters. The van der Waals surface area contributed by atoms with Gasteiger partial charge in [-0.15, -0.1) is 0 Å². The molecule has 1 aliphatic rings. The zero-order chi connectivity index (χ0) is 20.7. The lowest BCUT2D eigenvalue weighted by Gasteiger charge is -2.23. The second-order valence-corrected chi connectivity index (χ2v) is 7.43. The van der Waals surface area contributed by atoms with Gasteiger partial charge in [-0.2, -0.15) is 5.10 Å². The van der Waals surface area contributed by atoms with Crippen LogP contribution in [0.1, 0.15) is 46.9 Å². The van der Waals surface area contributed by atoms with Crippen LogP contribution in [0.2, 0.25) is 0 Å². The number of carbonyl (C=O) groups excluding carboxylic acids is 2. The van der Waals surface area contributed by atoms with Gasteiger partial charge in [-0.1, -0.05) is 0 Å². The summed E-state index contributed by atoms with van der Waals surface area (Å²) in [5, 5.41) is 5.12. The highest BCUT2D eigenvalue weighted by Crippen LogP contribution is 2.40. The van der Waals surface area contributed by atoms with Crippen LogP contribution < -0.4 is 10.6 Å². The number of nitrogens with zero attached hydrogens (tertiary/aromatic N) is 4. The molecule has 1 fully saturated rings. The molecule has 3 aromatic rings. The van der Waals surface area contributed by atoms with Gasteiger partial charge in [0.1, 0.15) is 5.82 Å². The lowest BCUT2D eigenvalue weighted by molar-refractivity contribution is -0.117. The Bertz CT molecular complexity index is 1100. The van der Waals surface area contributed by atoms with E-state index in [9.17, 15) is 14.0 Å². The number of hydrogen-bond donors (Lipinski definition) is 1. The quantitative estimate of drug-likeness (QED) is 0.694. The van der Waals surface area contributed by atoms with Crippen molar-refractivity contribution in [2.75, 3.05) is 11.4 Å². The molecule has 0 aliphatic heterocycles. The monoisotopic (exact) mass is 395 g/mol. The minimum absolute atomic E-state index is 0.00114. The van der Waals surface area contributed by atoms with E-state index in [1.165, 1.54) is 29.2 Å². The first-order valence-corrected chi connectivity index (χ1v) is 9.55. The fraction of sp³-hybridized carbons (Fsp3) is 0.333. The van der Waals surface area contributed by atoms with Gasteiger partial charge in [0, 0.05) is 37.3 Å². The van der Waals surface area contributed by atoms with Crippen molar-refractivity contribution in [1.82, 2.24) is 14.8 Å². The van der Waals surface area contributed by atoms with Crippen molar-refractivity contribution in [2.24, 2.45) is 12.8 Å². The standard InChI is InChI=1S/C21H22FN5O2/c1-12-19-16(11-17(13-3-4-13)24-20(19)26(2)25-12)21(29)27(10-9-18(23)28)15-7-5-14(22)6-8-15/h5-8,11,13H,3-4,9-10H2,1-2H3,(H2,23,28). The summed E-state index contributed by atoms with van der Waals surface area (Å²) >= 11 is 0. The lowest BCUT2D eigenvalue weighted by Crippen LogP contribution is -2.34. The second kappa shape index (κ2) is 7.27. The maximum absolute atomic E-state index is 13.6. The van der Waals surface area contributed by atoms with Crippen LogP contribution in [-0.2, 0) is 11.8 Å². The van der Waals surface area contributed by atoms with Crippen molar-refractivity contribution >= 4 is 28.5 Å². The maximum Gasteiger partial charge on any atom is 0.259 e. The van der Waals surface area contributed by atoms with E-state index < -0.39 is 11.7 Å². The molecule has 0 atom stereocenters. The number of rotatable bonds is 6. The van der Waals surface area contributed by atoms with Gasteiger partial charge < -0.3 is 10.6 Å². The molecule has 0 bridgehead atoms. The van der Waals surface area contributed by atoms with Crippen molar-refractivity contribution in [3.63, 3.8) is 0 Å². The maximum atomic E-state index is 13.6. The SMILES string of the molecule is Cc1nn(C)c2nc(C3CC3)cc(C(=O)N(CCC(N)=O)c3ccc(F)cc3)c12. The molecule has 1 saturated carbocycles. The van der Waals surface area contributed by atoms with Gasteiger partial charge in [-0.05, 0) is 50.1 Å². The summed E-state index contributed by atoms with van der Waals surface area (Å²) in [4.78, 5) is 31.2. The summed E-state index contributed by atoms with van der Waals surface area (Å²) in [5.74, 6) is -0.850. The third-order valence-corrected chi connectivity index (χ3v) is 5.18. The number of hydrogen-bond acceptors (Lipinski definition) is 4. The molecule has 1 aromatic carbocycles. The van der Waals surface area contributed by atoms with E-state index in [4.69, 9.17) is 10.7 Å². The van der Waals surface area contributed by atoms with Crippen molar-refractivity contribution in [3.05, 3.63) is 53.1 Å². The van der Waals surface area contributed by atoms with Gasteiger partial charge in [-0.25, -0.2) is 9.37 Å². The summed E-state index contributed by atoms with van der Waals surface area (Å²) in [5.41, 5.74) is 8.52.